The predicted octanol–water partition coefficient (Wildman–Crippen LogP) is 5.36. The molecule has 1 atom stereocenters. The van der Waals surface area contributed by atoms with E-state index in [-0.39, 0.29) is 5.92 Å². The van der Waals surface area contributed by atoms with Gasteiger partial charge in [0.1, 0.15) is 19.0 Å². The number of ether oxygens (including phenoxy) is 1. The summed E-state index contributed by atoms with van der Waals surface area (Å²) in [5.41, 5.74) is 7.39. The summed E-state index contributed by atoms with van der Waals surface area (Å²) in [5, 5.41) is 9.30. The lowest BCUT2D eigenvalue weighted by molar-refractivity contribution is -0.141. The minimum Gasteiger partial charge on any atom is -0.491 e. The molecule has 33 heavy (non-hydrogen) atoms. The Morgan fingerprint density at radius 3 is 2.45 bits per heavy atom. The summed E-state index contributed by atoms with van der Waals surface area (Å²) in [6, 6.07) is 21.3. The van der Waals surface area contributed by atoms with Crippen LogP contribution >= 0.6 is 0 Å². The second-order valence-electron chi connectivity index (χ2n) is 7.74. The number of carbonyl (C=O) groups is 1. The summed E-state index contributed by atoms with van der Waals surface area (Å²) in [6.07, 6.45) is 3.84. The zero-order chi connectivity index (χ0) is 23.5. The number of carboxylic acids is 1. The Labute approximate surface area is 194 Å². The van der Waals surface area contributed by atoms with Crippen molar-refractivity contribution in [3.05, 3.63) is 90.6 Å². The minimum atomic E-state index is -0.743. The third-order valence-electron chi connectivity index (χ3n) is 5.24. The van der Waals surface area contributed by atoms with Crippen molar-refractivity contribution >= 4 is 11.7 Å². The molecule has 0 aliphatic carbocycles. The van der Waals surface area contributed by atoms with Crippen LogP contribution in [0, 0.1) is 5.92 Å². The van der Waals surface area contributed by atoms with Crippen LogP contribution in [0.25, 0.3) is 17.0 Å². The maximum Gasteiger partial charge on any atom is 0.306 e. The van der Waals surface area contributed by atoms with Gasteiger partial charge in [0.25, 0.3) is 0 Å². The van der Waals surface area contributed by atoms with Crippen LogP contribution in [0.3, 0.4) is 0 Å². The largest absolute Gasteiger partial charge is 0.491 e. The number of nitrogens with zero attached hydrogens (tertiary/aromatic N) is 1. The van der Waals surface area contributed by atoms with Crippen LogP contribution in [0.4, 0.5) is 0 Å². The second-order valence-corrected chi connectivity index (χ2v) is 7.74. The van der Waals surface area contributed by atoms with E-state index in [0.717, 1.165) is 28.8 Å². The molecule has 0 fully saturated rings. The molecule has 0 radical (unpaired) electrons. The lowest BCUT2D eigenvalue weighted by atomic mass is 9.95. The highest BCUT2D eigenvalue weighted by Crippen LogP contribution is 2.20. The van der Waals surface area contributed by atoms with Gasteiger partial charge < -0.3 is 9.84 Å². The molecular formula is C27H30N2O4. The van der Waals surface area contributed by atoms with E-state index < -0.39 is 5.97 Å². The Morgan fingerprint density at radius 2 is 1.82 bits per heavy atom. The predicted molar refractivity (Wildman–Crippen MR) is 129 cm³/mol. The molecule has 3 rings (SSSR count). The van der Waals surface area contributed by atoms with Crippen molar-refractivity contribution in [3.8, 4) is 17.0 Å². The molecule has 2 N–H and O–H groups in total. The van der Waals surface area contributed by atoms with Crippen LogP contribution in [-0.4, -0.2) is 29.3 Å². The molecule has 0 bridgehead atoms. The number of nitrogens with one attached hydrogen (secondary N) is 1. The van der Waals surface area contributed by atoms with Crippen LogP contribution in [0.15, 0.2) is 79.5 Å². The van der Waals surface area contributed by atoms with Crippen LogP contribution in [0.5, 0.6) is 5.75 Å². The molecule has 0 aliphatic rings. The number of aromatic nitrogens is 1. The van der Waals surface area contributed by atoms with E-state index in [4.69, 9.17) is 9.57 Å². The van der Waals surface area contributed by atoms with Gasteiger partial charge in [-0.3, -0.25) is 20.1 Å². The van der Waals surface area contributed by atoms with Gasteiger partial charge in [0.2, 0.25) is 0 Å². The van der Waals surface area contributed by atoms with Crippen LogP contribution < -0.4 is 10.2 Å². The molecule has 172 valence electrons. The lowest BCUT2D eigenvalue weighted by Crippen LogP contribution is -2.17. The molecule has 1 unspecified atom stereocenters. The van der Waals surface area contributed by atoms with E-state index in [2.05, 4.69) is 17.0 Å². The monoisotopic (exact) mass is 446 g/mol. The summed E-state index contributed by atoms with van der Waals surface area (Å²) in [5.74, 6) is -0.373. The molecule has 2 aromatic carbocycles. The molecule has 3 aromatic rings. The summed E-state index contributed by atoms with van der Waals surface area (Å²) in [7, 11) is 0. The number of pyridine rings is 1. The zero-order valence-electron chi connectivity index (χ0n) is 18.9. The van der Waals surface area contributed by atoms with Crippen molar-refractivity contribution in [1.82, 2.24) is 10.5 Å². The van der Waals surface area contributed by atoms with E-state index in [1.165, 1.54) is 0 Å². The Morgan fingerprint density at radius 1 is 1.06 bits per heavy atom. The van der Waals surface area contributed by atoms with E-state index >= 15 is 0 Å². The Bertz CT molecular complexity index is 1020. The van der Waals surface area contributed by atoms with Gasteiger partial charge in [-0.25, -0.2) is 0 Å². The normalized spacial score (nSPS) is 11.5. The van der Waals surface area contributed by atoms with Crippen LogP contribution in [0.1, 0.15) is 30.9 Å². The molecule has 6 nitrogen and oxygen atoms in total. The topological polar surface area (TPSA) is 80.7 Å². The second kappa shape index (κ2) is 12.4. The highest BCUT2D eigenvalue weighted by molar-refractivity contribution is 5.70. The number of hydrogen-bond acceptors (Lipinski definition) is 5. The summed E-state index contributed by atoms with van der Waals surface area (Å²) in [6.45, 7) is 6.71. The van der Waals surface area contributed by atoms with Gasteiger partial charge in [0.15, 0.2) is 0 Å². The van der Waals surface area contributed by atoms with Gasteiger partial charge >= 0.3 is 5.97 Å². The first kappa shape index (κ1) is 24.0. The van der Waals surface area contributed by atoms with Gasteiger partial charge in [-0.1, -0.05) is 62.4 Å². The number of hydrogen-bond donors (Lipinski definition) is 2. The molecular weight excluding hydrogens is 416 g/mol. The van der Waals surface area contributed by atoms with E-state index in [0.29, 0.717) is 37.5 Å². The number of hydroxylamine groups is 1. The maximum absolute atomic E-state index is 11.3. The summed E-state index contributed by atoms with van der Waals surface area (Å²) in [4.78, 5) is 21.1. The standard InChI is InChI=1S/C27H30N2O4/c1-3-6-24(27(30)31)19-21-8-14-25(15-9-21)32-17-18-33-29-20(2)22-10-12-23(13-11-22)26-7-4-5-16-28-26/h4-5,7-16,24,29H,2-3,6,17-19H2,1H3,(H,30,31). The molecule has 1 aromatic heterocycles. The Balaban J connectivity index is 1.38. The Kier molecular flexibility index (Phi) is 9.03. The van der Waals surface area contributed by atoms with Crippen molar-refractivity contribution in [2.75, 3.05) is 13.2 Å². The molecule has 1 heterocycles. The molecule has 0 aliphatic heterocycles. The van der Waals surface area contributed by atoms with Crippen molar-refractivity contribution < 1.29 is 19.5 Å². The molecule has 0 saturated heterocycles. The van der Waals surface area contributed by atoms with E-state index in [1.54, 1.807) is 6.20 Å². The van der Waals surface area contributed by atoms with Crippen LogP contribution in [-0.2, 0) is 16.1 Å². The van der Waals surface area contributed by atoms with Gasteiger partial charge in [-0.05, 0) is 48.2 Å². The highest BCUT2D eigenvalue weighted by Gasteiger charge is 2.16. The fourth-order valence-electron chi connectivity index (χ4n) is 3.44. The highest BCUT2D eigenvalue weighted by atomic mass is 16.7. The summed E-state index contributed by atoms with van der Waals surface area (Å²) >= 11 is 0. The quantitative estimate of drug-likeness (QED) is 0.272. The zero-order valence-corrected chi connectivity index (χ0v) is 18.9. The minimum absolute atomic E-state index is 0.338. The Hall–Kier alpha value is -3.64. The average Bonchev–Trinajstić information content (AvgIpc) is 2.85. The number of rotatable bonds is 13. The average molecular weight is 447 g/mol. The molecule has 0 amide bonds. The SMILES string of the molecule is C=C(NOCCOc1ccc(CC(CCC)C(=O)O)cc1)c1ccc(-c2ccccn2)cc1. The number of benzene rings is 2. The number of carboxylic acid groups (broad SMARTS) is 1. The fraction of sp³-hybridized carbons (Fsp3) is 0.259. The molecule has 0 spiro atoms. The van der Waals surface area contributed by atoms with Crippen molar-refractivity contribution in [3.63, 3.8) is 0 Å². The van der Waals surface area contributed by atoms with Gasteiger partial charge in [-0.2, -0.15) is 0 Å². The van der Waals surface area contributed by atoms with Gasteiger partial charge in [0.05, 0.1) is 17.3 Å². The maximum atomic E-state index is 11.3. The smallest absolute Gasteiger partial charge is 0.306 e. The molecule has 0 saturated carbocycles. The lowest BCUT2D eigenvalue weighted by Gasteiger charge is -2.13. The van der Waals surface area contributed by atoms with Crippen molar-refractivity contribution in [2.45, 2.75) is 26.2 Å². The fourth-order valence-corrected chi connectivity index (χ4v) is 3.44. The van der Waals surface area contributed by atoms with Gasteiger partial charge in [0, 0.05) is 11.8 Å². The number of aliphatic carboxylic acids is 1. The van der Waals surface area contributed by atoms with E-state index in [9.17, 15) is 9.90 Å². The third-order valence-corrected chi connectivity index (χ3v) is 5.24. The van der Waals surface area contributed by atoms with Crippen LogP contribution in [0.2, 0.25) is 0 Å². The first-order valence-corrected chi connectivity index (χ1v) is 11.1. The van der Waals surface area contributed by atoms with E-state index in [1.807, 2.05) is 73.7 Å². The molecule has 6 heteroatoms. The third kappa shape index (κ3) is 7.47. The first-order valence-electron chi connectivity index (χ1n) is 11.1. The van der Waals surface area contributed by atoms with Crippen molar-refractivity contribution in [2.24, 2.45) is 5.92 Å². The van der Waals surface area contributed by atoms with Crippen molar-refractivity contribution in [1.29, 1.82) is 0 Å². The first-order chi connectivity index (χ1) is 16.1. The summed E-state index contributed by atoms with van der Waals surface area (Å²) < 4.78 is 5.70. The van der Waals surface area contributed by atoms with Gasteiger partial charge in [-0.15, -0.1) is 0 Å².